The number of carbonyl (C=O) groups excluding carboxylic acids is 1. The summed E-state index contributed by atoms with van der Waals surface area (Å²) in [5, 5.41) is 0.777. The zero-order valence-corrected chi connectivity index (χ0v) is 18.9. The molecule has 1 aromatic heterocycles. The largest absolute Gasteiger partial charge is 0.379 e. The second-order valence-electron chi connectivity index (χ2n) is 7.16. The van der Waals surface area contributed by atoms with Crippen molar-refractivity contribution in [2.24, 2.45) is 0 Å². The molecule has 4 rings (SSSR count). The first kappa shape index (κ1) is 21.3. The van der Waals surface area contributed by atoms with Crippen LogP contribution in [0.15, 0.2) is 53.4 Å². The van der Waals surface area contributed by atoms with Gasteiger partial charge in [0.15, 0.2) is 5.13 Å². The van der Waals surface area contributed by atoms with Crippen LogP contribution in [0.1, 0.15) is 23.7 Å². The van der Waals surface area contributed by atoms with Gasteiger partial charge in [-0.3, -0.25) is 14.6 Å². The zero-order chi connectivity index (χ0) is 20.8. The van der Waals surface area contributed by atoms with Crippen LogP contribution < -0.4 is 4.90 Å². The zero-order valence-electron chi connectivity index (χ0n) is 17.3. The van der Waals surface area contributed by atoms with E-state index in [1.165, 1.54) is 0 Å². The number of hydrogen-bond acceptors (Lipinski definition) is 6. The molecule has 1 saturated heterocycles. The van der Waals surface area contributed by atoms with Crippen molar-refractivity contribution < 1.29 is 9.53 Å². The topological polar surface area (TPSA) is 45.7 Å². The van der Waals surface area contributed by atoms with E-state index in [9.17, 15) is 4.79 Å². The Hall–Kier alpha value is -1.93. The van der Waals surface area contributed by atoms with Gasteiger partial charge in [-0.2, -0.15) is 0 Å². The van der Waals surface area contributed by atoms with E-state index in [0.717, 1.165) is 70.8 Å². The van der Waals surface area contributed by atoms with Gasteiger partial charge in [0.05, 0.1) is 29.0 Å². The van der Waals surface area contributed by atoms with Gasteiger partial charge in [0.2, 0.25) is 0 Å². The standard InChI is InChI=1S/C23H27N3O2S2/c1-2-29-20-10-5-3-8-18(20)22(27)26(13-7-12-25-14-16-28-17-15-25)23-24-19-9-4-6-11-21(19)30-23/h3-6,8-11H,2,7,12-17H2,1H3. The quantitative estimate of drug-likeness (QED) is 0.471. The van der Waals surface area contributed by atoms with Crippen LogP contribution in [0.4, 0.5) is 5.13 Å². The van der Waals surface area contributed by atoms with Gasteiger partial charge in [-0.25, -0.2) is 4.98 Å². The number of morpholine rings is 1. The smallest absolute Gasteiger partial charge is 0.261 e. The van der Waals surface area contributed by atoms with E-state index in [2.05, 4.69) is 17.9 Å². The van der Waals surface area contributed by atoms with Crippen LogP contribution in [0.2, 0.25) is 0 Å². The lowest BCUT2D eigenvalue weighted by molar-refractivity contribution is 0.0376. The summed E-state index contributed by atoms with van der Waals surface area (Å²) in [6.45, 7) is 7.24. The maximum atomic E-state index is 13.6. The SMILES string of the molecule is CCSc1ccccc1C(=O)N(CCCN1CCOCC1)c1nc2ccccc2s1. The summed E-state index contributed by atoms with van der Waals surface area (Å²) in [5.41, 5.74) is 1.70. The van der Waals surface area contributed by atoms with Crippen molar-refractivity contribution >= 4 is 44.4 Å². The summed E-state index contributed by atoms with van der Waals surface area (Å²) >= 11 is 3.29. The van der Waals surface area contributed by atoms with E-state index in [1.807, 2.05) is 47.4 Å². The molecule has 5 nitrogen and oxygen atoms in total. The van der Waals surface area contributed by atoms with Gasteiger partial charge >= 0.3 is 0 Å². The monoisotopic (exact) mass is 441 g/mol. The third-order valence-electron chi connectivity index (χ3n) is 5.14. The molecule has 7 heteroatoms. The number of rotatable bonds is 8. The minimum absolute atomic E-state index is 0.0348. The van der Waals surface area contributed by atoms with Gasteiger partial charge < -0.3 is 4.74 Å². The fraction of sp³-hybridized carbons (Fsp3) is 0.391. The lowest BCUT2D eigenvalue weighted by Crippen LogP contribution is -2.39. The first-order valence-corrected chi connectivity index (χ1v) is 12.3. The number of hydrogen-bond donors (Lipinski definition) is 0. The summed E-state index contributed by atoms with van der Waals surface area (Å²) in [6, 6.07) is 16.0. The lowest BCUT2D eigenvalue weighted by Gasteiger charge is -2.28. The predicted octanol–water partition coefficient (Wildman–Crippen LogP) is 4.78. The van der Waals surface area contributed by atoms with E-state index in [-0.39, 0.29) is 5.91 Å². The van der Waals surface area contributed by atoms with Crippen LogP contribution >= 0.6 is 23.1 Å². The number of nitrogens with zero attached hydrogens (tertiary/aromatic N) is 3. The Morgan fingerprint density at radius 3 is 2.73 bits per heavy atom. The highest BCUT2D eigenvalue weighted by Gasteiger charge is 2.23. The van der Waals surface area contributed by atoms with E-state index in [4.69, 9.17) is 9.72 Å². The molecule has 0 saturated carbocycles. The summed E-state index contributed by atoms with van der Waals surface area (Å²) in [5.74, 6) is 0.968. The van der Waals surface area contributed by atoms with Crippen LogP contribution in [-0.2, 0) is 4.74 Å². The summed E-state index contributed by atoms with van der Waals surface area (Å²) in [4.78, 5) is 23.7. The van der Waals surface area contributed by atoms with Crippen molar-refractivity contribution in [3.63, 3.8) is 0 Å². The first-order valence-electron chi connectivity index (χ1n) is 10.5. The van der Waals surface area contributed by atoms with Crippen molar-refractivity contribution in [1.29, 1.82) is 0 Å². The van der Waals surface area contributed by atoms with E-state index in [1.54, 1.807) is 23.1 Å². The molecular weight excluding hydrogens is 414 g/mol. The van der Waals surface area contributed by atoms with E-state index < -0.39 is 0 Å². The van der Waals surface area contributed by atoms with Gasteiger partial charge in [-0.15, -0.1) is 11.8 Å². The lowest BCUT2D eigenvalue weighted by atomic mass is 10.2. The van der Waals surface area contributed by atoms with Crippen LogP contribution in [0, 0.1) is 0 Å². The second-order valence-corrected chi connectivity index (χ2v) is 9.47. The molecule has 3 aromatic rings. The highest BCUT2D eigenvalue weighted by atomic mass is 32.2. The molecule has 2 heterocycles. The van der Waals surface area contributed by atoms with Crippen LogP contribution in [0.3, 0.4) is 0 Å². The van der Waals surface area contributed by atoms with Crippen molar-refractivity contribution in [2.45, 2.75) is 18.2 Å². The Balaban J connectivity index is 1.58. The number of para-hydroxylation sites is 1. The third-order valence-corrected chi connectivity index (χ3v) is 7.15. The summed E-state index contributed by atoms with van der Waals surface area (Å²) in [6.07, 6.45) is 0.907. The fourth-order valence-corrected chi connectivity index (χ4v) is 5.39. The van der Waals surface area contributed by atoms with Crippen molar-refractivity contribution in [2.75, 3.05) is 50.0 Å². The maximum Gasteiger partial charge on any atom is 0.261 e. The number of thiazole rings is 1. The number of amides is 1. The minimum Gasteiger partial charge on any atom is -0.379 e. The van der Waals surface area contributed by atoms with Gasteiger partial charge in [0.25, 0.3) is 5.91 Å². The Morgan fingerprint density at radius 1 is 1.17 bits per heavy atom. The fourth-order valence-electron chi connectivity index (χ4n) is 3.61. The normalized spacial score (nSPS) is 14.8. The number of thioether (sulfide) groups is 1. The highest BCUT2D eigenvalue weighted by Crippen LogP contribution is 2.31. The maximum absolute atomic E-state index is 13.6. The number of fused-ring (bicyclic) bond motifs is 1. The number of ether oxygens (including phenoxy) is 1. The molecule has 1 amide bonds. The average molecular weight is 442 g/mol. The highest BCUT2D eigenvalue weighted by molar-refractivity contribution is 7.99. The number of anilines is 1. The average Bonchev–Trinajstić information content (AvgIpc) is 3.21. The molecule has 0 spiro atoms. The molecule has 1 fully saturated rings. The second kappa shape index (κ2) is 10.4. The Bertz CT molecular complexity index is 952. The molecule has 0 N–H and O–H groups in total. The van der Waals surface area contributed by atoms with Gasteiger partial charge in [-0.1, -0.05) is 42.5 Å². The van der Waals surface area contributed by atoms with Crippen LogP contribution in [-0.4, -0.2) is 60.9 Å². The van der Waals surface area contributed by atoms with Crippen LogP contribution in [0.25, 0.3) is 10.2 Å². The molecular formula is C23H27N3O2S2. The molecule has 1 aliphatic rings. The minimum atomic E-state index is 0.0348. The van der Waals surface area contributed by atoms with Gasteiger partial charge in [0.1, 0.15) is 0 Å². The number of aromatic nitrogens is 1. The predicted molar refractivity (Wildman–Crippen MR) is 126 cm³/mol. The Labute approximate surface area is 186 Å². The molecule has 0 unspecified atom stereocenters. The molecule has 0 bridgehead atoms. The molecule has 158 valence electrons. The van der Waals surface area contributed by atoms with Crippen molar-refractivity contribution in [1.82, 2.24) is 9.88 Å². The molecule has 0 atom stereocenters. The van der Waals surface area contributed by atoms with Crippen molar-refractivity contribution in [3.8, 4) is 0 Å². The molecule has 0 radical (unpaired) electrons. The van der Waals surface area contributed by atoms with E-state index >= 15 is 0 Å². The summed E-state index contributed by atoms with van der Waals surface area (Å²) in [7, 11) is 0. The van der Waals surface area contributed by atoms with E-state index in [0.29, 0.717) is 6.54 Å². The Morgan fingerprint density at radius 2 is 1.93 bits per heavy atom. The third kappa shape index (κ3) is 5.03. The van der Waals surface area contributed by atoms with Crippen molar-refractivity contribution in [3.05, 3.63) is 54.1 Å². The molecule has 30 heavy (non-hydrogen) atoms. The van der Waals surface area contributed by atoms with Gasteiger partial charge in [-0.05, 0) is 36.4 Å². The van der Waals surface area contributed by atoms with Gasteiger partial charge in [0, 0.05) is 31.1 Å². The summed E-state index contributed by atoms with van der Waals surface area (Å²) < 4.78 is 6.55. The molecule has 1 aliphatic heterocycles. The number of carbonyl (C=O) groups is 1. The van der Waals surface area contributed by atoms with Crippen LogP contribution in [0.5, 0.6) is 0 Å². The molecule has 0 aliphatic carbocycles. The number of benzene rings is 2. The first-order chi connectivity index (χ1) is 14.8. The molecule has 2 aromatic carbocycles. The Kier molecular flexibility index (Phi) is 7.38.